The molecular weight excluding hydrogens is 457 g/mol. The Morgan fingerprint density at radius 2 is 1.76 bits per heavy atom. The quantitative estimate of drug-likeness (QED) is 0.233. The molecule has 4 N–H and O–H groups in total. The van der Waals surface area contributed by atoms with Crippen LogP contribution >= 0.6 is 8.69 Å². The number of nitrogens with one attached hydrogen (secondary N) is 1. The van der Waals surface area contributed by atoms with Crippen LogP contribution in [0.4, 0.5) is 0 Å². The van der Waals surface area contributed by atoms with Gasteiger partial charge >= 0.3 is 8.69 Å². The first-order valence-electron chi connectivity index (χ1n) is 11.7. The fourth-order valence-electron chi connectivity index (χ4n) is 4.04. The van der Waals surface area contributed by atoms with Gasteiger partial charge in [0, 0.05) is 12.1 Å². The maximum Gasteiger partial charge on any atom is 0.328 e. The molecule has 0 amide bonds. The summed E-state index contributed by atoms with van der Waals surface area (Å²) in [6, 6.07) is 12.5. The van der Waals surface area contributed by atoms with Crippen LogP contribution in [0, 0.1) is 0 Å². The summed E-state index contributed by atoms with van der Waals surface area (Å²) in [7, 11) is -0.293. The number of hydrogen-bond donors (Lipinski definition) is 4. The summed E-state index contributed by atoms with van der Waals surface area (Å²) in [5.41, 5.74) is 1.07. The van der Waals surface area contributed by atoms with Gasteiger partial charge in [-0.25, -0.2) is 4.57 Å². The molecule has 0 bridgehead atoms. The monoisotopic (exact) mass is 491 g/mol. The molecular formula is C25H34NO7P. The van der Waals surface area contributed by atoms with E-state index in [4.69, 9.17) is 14.0 Å². The number of phenols is 1. The molecule has 0 aliphatic heterocycles. The number of aliphatic hydroxyl groups excluding tert-OH is 2. The molecule has 1 unspecified atom stereocenters. The molecule has 34 heavy (non-hydrogen) atoms. The van der Waals surface area contributed by atoms with Crippen molar-refractivity contribution in [3.8, 4) is 17.2 Å². The Balaban J connectivity index is 1.34. The molecule has 0 heterocycles. The van der Waals surface area contributed by atoms with E-state index in [0.29, 0.717) is 31.0 Å². The van der Waals surface area contributed by atoms with E-state index >= 15 is 0 Å². The van der Waals surface area contributed by atoms with Gasteiger partial charge in [-0.05, 0) is 61.7 Å². The van der Waals surface area contributed by atoms with Gasteiger partial charge < -0.3 is 30.1 Å². The summed E-state index contributed by atoms with van der Waals surface area (Å²) in [4.78, 5) is 0. The van der Waals surface area contributed by atoms with Gasteiger partial charge in [0.05, 0.1) is 6.61 Å². The van der Waals surface area contributed by atoms with Crippen LogP contribution in [0.2, 0.25) is 0 Å². The van der Waals surface area contributed by atoms with Crippen LogP contribution in [-0.2, 0) is 22.1 Å². The number of ether oxygens (including phenoxy) is 2. The third-order valence-electron chi connectivity index (χ3n) is 6.06. The summed E-state index contributed by atoms with van der Waals surface area (Å²) >= 11 is 0. The van der Waals surface area contributed by atoms with Crippen molar-refractivity contribution >= 4 is 8.69 Å². The van der Waals surface area contributed by atoms with Crippen LogP contribution < -0.4 is 14.8 Å². The maximum absolute atomic E-state index is 11.0. The number of hydrogen-bond acceptors (Lipinski definition) is 8. The molecule has 2 aromatic carbocycles. The van der Waals surface area contributed by atoms with Crippen LogP contribution in [0.1, 0.15) is 43.2 Å². The van der Waals surface area contributed by atoms with Crippen molar-refractivity contribution in [2.45, 2.75) is 56.8 Å². The van der Waals surface area contributed by atoms with E-state index in [1.807, 2.05) is 24.3 Å². The Bertz CT molecular complexity index is 887. The molecule has 1 saturated carbocycles. The Labute approximate surface area is 202 Å². The van der Waals surface area contributed by atoms with Crippen molar-refractivity contribution in [1.82, 2.24) is 5.32 Å². The van der Waals surface area contributed by atoms with Gasteiger partial charge in [0.2, 0.25) is 0 Å². The number of aliphatic hydroxyl groups is 2. The molecule has 0 saturated heterocycles. The van der Waals surface area contributed by atoms with E-state index in [1.165, 1.54) is 12.5 Å². The van der Waals surface area contributed by atoms with Crippen molar-refractivity contribution in [1.29, 1.82) is 0 Å². The van der Waals surface area contributed by atoms with Gasteiger partial charge in [-0.15, -0.1) is 0 Å². The molecule has 0 spiro atoms. The minimum atomic E-state index is -0.690. The summed E-state index contributed by atoms with van der Waals surface area (Å²) in [5, 5.41) is 32.1. The summed E-state index contributed by atoms with van der Waals surface area (Å²) in [6.07, 6.45) is 5.14. The van der Waals surface area contributed by atoms with E-state index in [9.17, 15) is 19.9 Å². The van der Waals surface area contributed by atoms with Crippen molar-refractivity contribution in [2.75, 3.05) is 26.3 Å². The van der Waals surface area contributed by atoms with Gasteiger partial charge in [-0.2, -0.15) is 0 Å². The van der Waals surface area contributed by atoms with E-state index in [0.717, 1.165) is 43.4 Å². The van der Waals surface area contributed by atoms with E-state index in [-0.39, 0.29) is 27.7 Å². The molecule has 1 atom stereocenters. The zero-order chi connectivity index (χ0) is 24.2. The first-order chi connectivity index (χ1) is 16.5. The fourth-order valence-corrected chi connectivity index (χ4v) is 4.43. The topological polar surface area (TPSA) is 117 Å². The Morgan fingerprint density at radius 1 is 1.03 bits per heavy atom. The van der Waals surface area contributed by atoms with E-state index in [2.05, 4.69) is 5.32 Å². The third-order valence-corrected chi connectivity index (χ3v) is 6.52. The predicted molar refractivity (Wildman–Crippen MR) is 129 cm³/mol. The summed E-state index contributed by atoms with van der Waals surface area (Å²) < 4.78 is 28.0. The first-order valence-corrected chi connectivity index (χ1v) is 12.4. The standard InChI is InChI=1S/C25H34NO7P/c27-16-20-14-23(8-9-24(20)29)31-17-21(28)15-26-13-10-19-4-6-22(7-5-19)32-18-25(33-34-30)11-2-1-3-12-25/h4-9,14,21,26-29H,1-3,10-13,15-18H2. The minimum absolute atomic E-state index is 0.0118. The molecule has 2 aromatic rings. The minimum Gasteiger partial charge on any atom is -0.508 e. The number of benzene rings is 2. The molecule has 186 valence electrons. The van der Waals surface area contributed by atoms with Gasteiger partial charge in [-0.3, -0.25) is 4.52 Å². The molecule has 1 fully saturated rings. The molecule has 1 aliphatic rings. The lowest BCUT2D eigenvalue weighted by Crippen LogP contribution is -2.38. The van der Waals surface area contributed by atoms with Crippen LogP contribution in [-0.4, -0.2) is 53.3 Å². The highest BCUT2D eigenvalue weighted by molar-refractivity contribution is 7.17. The Hall–Kier alpha value is -2.22. The Morgan fingerprint density at radius 3 is 2.47 bits per heavy atom. The van der Waals surface area contributed by atoms with Gasteiger partial charge in [0.25, 0.3) is 0 Å². The molecule has 0 aromatic heterocycles. The van der Waals surface area contributed by atoms with Crippen molar-refractivity contribution in [2.24, 2.45) is 0 Å². The lowest BCUT2D eigenvalue weighted by atomic mass is 9.85. The largest absolute Gasteiger partial charge is 0.508 e. The van der Waals surface area contributed by atoms with Crippen molar-refractivity contribution < 1.29 is 33.9 Å². The second-order valence-corrected chi connectivity index (χ2v) is 9.04. The normalized spacial score (nSPS) is 16.3. The molecule has 8 nitrogen and oxygen atoms in total. The molecule has 1 aliphatic carbocycles. The zero-order valence-electron chi connectivity index (χ0n) is 19.3. The van der Waals surface area contributed by atoms with E-state index < -0.39 is 11.7 Å². The van der Waals surface area contributed by atoms with E-state index in [1.54, 1.807) is 12.1 Å². The molecule has 0 radical (unpaired) electrons. The second-order valence-electron chi connectivity index (χ2n) is 8.71. The van der Waals surface area contributed by atoms with Gasteiger partial charge in [-0.1, -0.05) is 31.4 Å². The summed E-state index contributed by atoms with van der Waals surface area (Å²) in [5.74, 6) is 1.26. The summed E-state index contributed by atoms with van der Waals surface area (Å²) in [6.45, 7) is 1.30. The van der Waals surface area contributed by atoms with Crippen molar-refractivity contribution in [3.63, 3.8) is 0 Å². The predicted octanol–water partition coefficient (Wildman–Crippen LogP) is 3.76. The van der Waals surface area contributed by atoms with Gasteiger partial charge in [0.15, 0.2) is 0 Å². The zero-order valence-corrected chi connectivity index (χ0v) is 20.2. The second kappa shape index (κ2) is 13.6. The lowest BCUT2D eigenvalue weighted by Gasteiger charge is -2.34. The van der Waals surface area contributed by atoms with Gasteiger partial charge in [0.1, 0.15) is 42.2 Å². The van der Waals surface area contributed by atoms with Crippen LogP contribution in [0.3, 0.4) is 0 Å². The highest BCUT2D eigenvalue weighted by Gasteiger charge is 2.34. The maximum atomic E-state index is 11.0. The SMILES string of the molecule is O=POC1(COc2ccc(CCNCC(O)COc3ccc(O)c(CO)c3)cc2)CCCCC1. The third kappa shape index (κ3) is 8.22. The lowest BCUT2D eigenvalue weighted by molar-refractivity contribution is -0.00116. The van der Waals surface area contributed by atoms with Crippen LogP contribution in [0.5, 0.6) is 17.2 Å². The van der Waals surface area contributed by atoms with Crippen molar-refractivity contribution in [3.05, 3.63) is 53.6 Å². The highest BCUT2D eigenvalue weighted by Crippen LogP contribution is 2.35. The van der Waals surface area contributed by atoms with Crippen LogP contribution in [0.25, 0.3) is 0 Å². The Kier molecular flexibility index (Phi) is 10.6. The van der Waals surface area contributed by atoms with Crippen LogP contribution in [0.15, 0.2) is 42.5 Å². The highest BCUT2D eigenvalue weighted by atomic mass is 31.1. The first kappa shape index (κ1) is 26.4. The average molecular weight is 492 g/mol. The average Bonchev–Trinajstić information content (AvgIpc) is 2.86. The smallest absolute Gasteiger partial charge is 0.328 e. The fraction of sp³-hybridized carbons (Fsp3) is 0.520. The number of rotatable bonds is 14. The molecule has 9 heteroatoms. The molecule has 3 rings (SSSR count). The number of aromatic hydroxyl groups is 1.